The lowest BCUT2D eigenvalue weighted by atomic mass is 10.4. The molecule has 108 valence electrons. The highest BCUT2D eigenvalue weighted by Crippen LogP contribution is 2.24. The summed E-state index contributed by atoms with van der Waals surface area (Å²) in [7, 11) is -3.70. The van der Waals surface area contributed by atoms with E-state index < -0.39 is 10.0 Å². The summed E-state index contributed by atoms with van der Waals surface area (Å²) in [6, 6.07) is 5.03. The molecule has 0 bridgehead atoms. The van der Waals surface area contributed by atoms with Crippen molar-refractivity contribution in [3.05, 3.63) is 47.5 Å². The number of pyridine rings is 1. The molecule has 0 fully saturated rings. The zero-order valence-electron chi connectivity index (χ0n) is 10.3. The maximum absolute atomic E-state index is 12.1. The van der Waals surface area contributed by atoms with Crippen LogP contribution in [0.1, 0.15) is 0 Å². The van der Waals surface area contributed by atoms with Gasteiger partial charge in [-0.15, -0.1) is 0 Å². The zero-order chi connectivity index (χ0) is 14.9. The van der Waals surface area contributed by atoms with Crippen LogP contribution in [0.5, 0.6) is 0 Å². The van der Waals surface area contributed by atoms with Crippen molar-refractivity contribution in [1.82, 2.24) is 19.7 Å². The molecule has 0 aliphatic rings. The number of nitrogens with one attached hydrogen (secondary N) is 1. The van der Waals surface area contributed by atoms with E-state index in [1.54, 1.807) is 35.3 Å². The molecule has 0 amide bonds. The van der Waals surface area contributed by atoms with E-state index in [9.17, 15) is 8.42 Å². The van der Waals surface area contributed by atoms with Crippen LogP contribution in [0.2, 0.25) is 4.47 Å². The molecule has 10 heteroatoms. The highest BCUT2D eigenvalue weighted by Gasteiger charge is 2.17. The second-order valence-corrected chi connectivity index (χ2v) is 7.42. The standard InChI is InChI=1S/C11H8ClN5O2S2/c12-11-14-7-10(20-11)21(18,19)16-8-2-3-9(13-6-8)17-5-1-4-15-17/h1-7,16H. The fraction of sp³-hybridized carbons (Fsp3) is 0. The van der Waals surface area contributed by atoms with Crippen LogP contribution in [0.3, 0.4) is 0 Å². The van der Waals surface area contributed by atoms with Gasteiger partial charge in [-0.25, -0.2) is 23.1 Å². The molecule has 0 saturated heterocycles. The Bertz CT molecular complexity index is 843. The smallest absolute Gasteiger partial charge is 0.273 e. The van der Waals surface area contributed by atoms with E-state index in [4.69, 9.17) is 11.6 Å². The largest absolute Gasteiger partial charge is 0.277 e. The van der Waals surface area contributed by atoms with Gasteiger partial charge in [0.25, 0.3) is 10.0 Å². The van der Waals surface area contributed by atoms with Crippen molar-refractivity contribution in [3.63, 3.8) is 0 Å². The summed E-state index contributed by atoms with van der Waals surface area (Å²) >= 11 is 6.52. The molecule has 3 heterocycles. The molecule has 1 N–H and O–H groups in total. The minimum atomic E-state index is -3.70. The average Bonchev–Trinajstić information content (AvgIpc) is 3.10. The van der Waals surface area contributed by atoms with Crippen molar-refractivity contribution in [2.24, 2.45) is 0 Å². The van der Waals surface area contributed by atoms with Crippen LogP contribution >= 0.6 is 22.9 Å². The Kier molecular flexibility index (Phi) is 3.62. The molecule has 0 spiro atoms. The van der Waals surface area contributed by atoms with Crippen molar-refractivity contribution in [3.8, 4) is 5.82 Å². The van der Waals surface area contributed by atoms with Crippen molar-refractivity contribution >= 4 is 38.6 Å². The van der Waals surface area contributed by atoms with Crippen LogP contribution in [-0.2, 0) is 10.0 Å². The number of thiazole rings is 1. The SMILES string of the molecule is O=S(=O)(Nc1ccc(-n2cccn2)nc1)c1cnc(Cl)s1. The Morgan fingerprint density at radius 3 is 2.67 bits per heavy atom. The molecule has 0 radical (unpaired) electrons. The Hall–Kier alpha value is -1.97. The van der Waals surface area contributed by atoms with Crippen LogP contribution in [-0.4, -0.2) is 28.2 Å². The van der Waals surface area contributed by atoms with Gasteiger partial charge in [-0.2, -0.15) is 5.10 Å². The molecule has 21 heavy (non-hydrogen) atoms. The Labute approximate surface area is 129 Å². The van der Waals surface area contributed by atoms with Gasteiger partial charge in [0, 0.05) is 12.4 Å². The summed E-state index contributed by atoms with van der Waals surface area (Å²) in [5, 5.41) is 4.04. The maximum Gasteiger partial charge on any atom is 0.273 e. The Balaban J connectivity index is 1.82. The molecule has 0 aliphatic heterocycles. The summed E-state index contributed by atoms with van der Waals surface area (Å²) in [6.07, 6.45) is 6.00. The molecule has 0 saturated carbocycles. The van der Waals surface area contributed by atoms with Crippen molar-refractivity contribution in [2.75, 3.05) is 4.72 Å². The van der Waals surface area contributed by atoms with Gasteiger partial charge in [0.05, 0.1) is 18.1 Å². The van der Waals surface area contributed by atoms with E-state index in [2.05, 4.69) is 19.8 Å². The minimum absolute atomic E-state index is 0.0450. The van der Waals surface area contributed by atoms with Gasteiger partial charge in [-0.3, -0.25) is 4.72 Å². The lowest BCUT2D eigenvalue weighted by Crippen LogP contribution is -2.12. The summed E-state index contributed by atoms with van der Waals surface area (Å²) in [5.74, 6) is 0.587. The molecule has 3 aromatic heterocycles. The predicted molar refractivity (Wildman–Crippen MR) is 79.3 cm³/mol. The summed E-state index contributed by atoms with van der Waals surface area (Å²) in [5.41, 5.74) is 0.343. The highest BCUT2D eigenvalue weighted by molar-refractivity contribution is 7.94. The fourth-order valence-corrected chi connectivity index (χ4v) is 3.89. The van der Waals surface area contributed by atoms with E-state index in [-0.39, 0.29) is 8.68 Å². The van der Waals surface area contributed by atoms with Gasteiger partial charge in [-0.05, 0) is 18.2 Å². The van der Waals surface area contributed by atoms with Gasteiger partial charge >= 0.3 is 0 Å². The zero-order valence-corrected chi connectivity index (χ0v) is 12.7. The third-order valence-electron chi connectivity index (χ3n) is 2.46. The third kappa shape index (κ3) is 3.04. The van der Waals surface area contributed by atoms with Crippen LogP contribution in [0, 0.1) is 0 Å². The predicted octanol–water partition coefficient (Wildman–Crippen LogP) is 2.18. The summed E-state index contributed by atoms with van der Waals surface area (Å²) in [6.45, 7) is 0. The van der Waals surface area contributed by atoms with Gasteiger partial charge in [-0.1, -0.05) is 22.9 Å². The van der Waals surface area contributed by atoms with E-state index in [0.29, 0.717) is 11.5 Å². The van der Waals surface area contributed by atoms with Crippen LogP contribution in [0.15, 0.2) is 47.2 Å². The average molecular weight is 342 g/mol. The number of hydrogen-bond donors (Lipinski definition) is 1. The lowest BCUT2D eigenvalue weighted by molar-refractivity contribution is 0.603. The van der Waals surface area contributed by atoms with Crippen molar-refractivity contribution < 1.29 is 8.42 Å². The first-order valence-electron chi connectivity index (χ1n) is 5.65. The molecule has 0 aliphatic carbocycles. The molecular formula is C11H8ClN5O2S2. The van der Waals surface area contributed by atoms with E-state index in [1.807, 2.05) is 0 Å². The normalized spacial score (nSPS) is 11.5. The first-order valence-corrected chi connectivity index (χ1v) is 8.32. The molecule has 7 nitrogen and oxygen atoms in total. The number of anilines is 1. The lowest BCUT2D eigenvalue weighted by Gasteiger charge is -2.06. The van der Waals surface area contributed by atoms with E-state index >= 15 is 0 Å². The first kappa shape index (κ1) is 14.0. The molecule has 3 aromatic rings. The Morgan fingerprint density at radius 2 is 2.10 bits per heavy atom. The van der Waals surface area contributed by atoms with Crippen LogP contribution in [0.25, 0.3) is 5.82 Å². The first-order chi connectivity index (χ1) is 10.0. The summed E-state index contributed by atoms with van der Waals surface area (Å²) in [4.78, 5) is 7.85. The number of aromatic nitrogens is 4. The van der Waals surface area contributed by atoms with Crippen LogP contribution in [0.4, 0.5) is 5.69 Å². The second kappa shape index (κ2) is 5.43. The Morgan fingerprint density at radius 1 is 1.24 bits per heavy atom. The molecule has 0 aromatic carbocycles. The molecule has 0 atom stereocenters. The summed E-state index contributed by atoms with van der Waals surface area (Å²) < 4.78 is 28.4. The van der Waals surface area contributed by atoms with Gasteiger partial charge in [0.15, 0.2) is 14.5 Å². The van der Waals surface area contributed by atoms with E-state index in [0.717, 1.165) is 11.3 Å². The topological polar surface area (TPSA) is 89.8 Å². The monoisotopic (exact) mass is 341 g/mol. The van der Waals surface area contributed by atoms with E-state index in [1.165, 1.54) is 12.4 Å². The second-order valence-electron chi connectivity index (χ2n) is 3.89. The van der Waals surface area contributed by atoms with Gasteiger partial charge < -0.3 is 0 Å². The van der Waals surface area contributed by atoms with Gasteiger partial charge in [0.1, 0.15) is 0 Å². The molecule has 3 rings (SSSR count). The number of nitrogens with zero attached hydrogens (tertiary/aromatic N) is 4. The third-order valence-corrected chi connectivity index (χ3v) is 5.42. The number of sulfonamides is 1. The van der Waals surface area contributed by atoms with Crippen molar-refractivity contribution in [2.45, 2.75) is 4.21 Å². The fourth-order valence-electron chi connectivity index (χ4n) is 1.56. The maximum atomic E-state index is 12.1. The number of hydrogen-bond acceptors (Lipinski definition) is 6. The van der Waals surface area contributed by atoms with Gasteiger partial charge in [0.2, 0.25) is 0 Å². The molecule has 0 unspecified atom stereocenters. The number of rotatable bonds is 4. The van der Waals surface area contributed by atoms with Crippen LogP contribution < -0.4 is 4.72 Å². The molecular weight excluding hydrogens is 334 g/mol. The number of halogens is 1. The van der Waals surface area contributed by atoms with Crippen molar-refractivity contribution in [1.29, 1.82) is 0 Å². The minimum Gasteiger partial charge on any atom is -0.277 e. The highest BCUT2D eigenvalue weighted by atomic mass is 35.5. The quantitative estimate of drug-likeness (QED) is 0.785.